The molecule has 15 heavy (non-hydrogen) atoms. The van der Waals surface area contributed by atoms with Crippen molar-refractivity contribution in [3.05, 3.63) is 35.4 Å². The molecule has 0 fully saturated rings. The van der Waals surface area contributed by atoms with E-state index < -0.39 is 29.4 Å². The molecule has 7 heteroatoms. The Morgan fingerprint density at radius 2 is 1.53 bits per heavy atom. The molecule has 0 aliphatic carbocycles. The van der Waals surface area contributed by atoms with Crippen LogP contribution in [0.25, 0.3) is 0 Å². The van der Waals surface area contributed by atoms with Crippen LogP contribution in [0.4, 0.5) is 22.0 Å². The van der Waals surface area contributed by atoms with Crippen LogP contribution in [0.2, 0.25) is 0 Å². The molecule has 2 nitrogen and oxygen atoms in total. The van der Waals surface area contributed by atoms with E-state index >= 15 is 0 Å². The van der Waals surface area contributed by atoms with Crippen molar-refractivity contribution in [2.24, 2.45) is 5.84 Å². The SMILES string of the molecule is NNC(c1cc(F)cc(F)c1)C(F)(F)F. The van der Waals surface area contributed by atoms with Gasteiger partial charge in [-0.15, -0.1) is 0 Å². The molecular weight excluding hydrogens is 219 g/mol. The summed E-state index contributed by atoms with van der Waals surface area (Å²) in [5, 5.41) is 0. The smallest absolute Gasteiger partial charge is 0.271 e. The summed E-state index contributed by atoms with van der Waals surface area (Å²) in [5.74, 6) is 2.50. The quantitative estimate of drug-likeness (QED) is 0.460. The lowest BCUT2D eigenvalue weighted by atomic mass is 10.1. The first-order chi connectivity index (χ1) is 6.84. The molecule has 0 aliphatic heterocycles. The minimum atomic E-state index is -4.71. The largest absolute Gasteiger partial charge is 0.409 e. The van der Waals surface area contributed by atoms with E-state index in [-0.39, 0.29) is 0 Å². The molecule has 0 saturated carbocycles. The second-order valence-corrected chi connectivity index (χ2v) is 2.84. The highest BCUT2D eigenvalue weighted by molar-refractivity contribution is 5.22. The Morgan fingerprint density at radius 1 is 1.07 bits per heavy atom. The van der Waals surface area contributed by atoms with E-state index in [1.165, 1.54) is 5.43 Å². The normalized spacial score (nSPS) is 14.0. The molecule has 0 heterocycles. The molecule has 0 radical (unpaired) electrons. The van der Waals surface area contributed by atoms with Crippen molar-refractivity contribution in [3.63, 3.8) is 0 Å². The molecule has 1 aromatic carbocycles. The molecule has 0 bridgehead atoms. The van der Waals surface area contributed by atoms with Crippen LogP contribution in [0.1, 0.15) is 11.6 Å². The Balaban J connectivity index is 3.13. The Labute approximate surface area is 81.8 Å². The number of halogens is 5. The number of hydrogen-bond acceptors (Lipinski definition) is 2. The van der Waals surface area contributed by atoms with Gasteiger partial charge >= 0.3 is 6.18 Å². The minimum absolute atomic E-state index is 0.480. The van der Waals surface area contributed by atoms with Crippen LogP contribution in [-0.2, 0) is 0 Å². The van der Waals surface area contributed by atoms with Crippen molar-refractivity contribution in [1.82, 2.24) is 5.43 Å². The van der Waals surface area contributed by atoms with Gasteiger partial charge < -0.3 is 0 Å². The van der Waals surface area contributed by atoms with Crippen LogP contribution in [0.5, 0.6) is 0 Å². The van der Waals surface area contributed by atoms with Crippen molar-refractivity contribution in [2.45, 2.75) is 12.2 Å². The van der Waals surface area contributed by atoms with E-state index in [0.29, 0.717) is 18.2 Å². The molecule has 1 rings (SSSR count). The van der Waals surface area contributed by atoms with Crippen LogP contribution in [-0.4, -0.2) is 6.18 Å². The van der Waals surface area contributed by atoms with Crippen molar-refractivity contribution >= 4 is 0 Å². The zero-order valence-electron chi connectivity index (χ0n) is 7.28. The van der Waals surface area contributed by atoms with Gasteiger partial charge in [-0.05, 0) is 17.7 Å². The summed E-state index contributed by atoms with van der Waals surface area (Å²) in [6.45, 7) is 0. The highest BCUT2D eigenvalue weighted by Gasteiger charge is 2.40. The van der Waals surface area contributed by atoms with E-state index in [1.54, 1.807) is 0 Å². The van der Waals surface area contributed by atoms with E-state index in [0.717, 1.165) is 0 Å². The molecule has 1 aromatic rings. The first-order valence-corrected chi connectivity index (χ1v) is 3.83. The lowest BCUT2D eigenvalue weighted by Gasteiger charge is -2.19. The van der Waals surface area contributed by atoms with Gasteiger partial charge in [0.25, 0.3) is 0 Å². The van der Waals surface area contributed by atoms with E-state index in [2.05, 4.69) is 5.84 Å². The zero-order chi connectivity index (χ0) is 11.6. The summed E-state index contributed by atoms with van der Waals surface area (Å²) in [6.07, 6.45) is -4.71. The molecule has 0 saturated heterocycles. The molecule has 0 spiro atoms. The second-order valence-electron chi connectivity index (χ2n) is 2.84. The average Bonchev–Trinajstić information content (AvgIpc) is 1.99. The predicted octanol–water partition coefficient (Wildman–Crippen LogP) is 2.03. The van der Waals surface area contributed by atoms with E-state index in [4.69, 9.17) is 0 Å². The van der Waals surface area contributed by atoms with Crippen LogP contribution in [0.3, 0.4) is 0 Å². The van der Waals surface area contributed by atoms with Gasteiger partial charge in [0, 0.05) is 6.07 Å². The van der Waals surface area contributed by atoms with Gasteiger partial charge in [-0.3, -0.25) is 5.84 Å². The van der Waals surface area contributed by atoms with Crippen molar-refractivity contribution in [2.75, 3.05) is 0 Å². The van der Waals surface area contributed by atoms with Crippen molar-refractivity contribution in [1.29, 1.82) is 0 Å². The second kappa shape index (κ2) is 4.11. The lowest BCUT2D eigenvalue weighted by Crippen LogP contribution is -2.38. The monoisotopic (exact) mass is 226 g/mol. The highest BCUT2D eigenvalue weighted by atomic mass is 19.4. The fraction of sp³-hybridized carbons (Fsp3) is 0.250. The van der Waals surface area contributed by atoms with Crippen molar-refractivity contribution in [3.8, 4) is 0 Å². The molecule has 1 atom stereocenters. The van der Waals surface area contributed by atoms with Gasteiger partial charge in [0.05, 0.1) is 0 Å². The van der Waals surface area contributed by atoms with Crippen LogP contribution < -0.4 is 11.3 Å². The summed E-state index contributed by atoms with van der Waals surface area (Å²) in [6, 6.07) is -0.668. The van der Waals surface area contributed by atoms with Crippen LogP contribution in [0.15, 0.2) is 18.2 Å². The Bertz CT molecular complexity index is 329. The van der Waals surface area contributed by atoms with Gasteiger partial charge in [-0.1, -0.05) is 0 Å². The Kier molecular flexibility index (Phi) is 3.25. The zero-order valence-corrected chi connectivity index (χ0v) is 7.28. The summed E-state index contributed by atoms with van der Waals surface area (Å²) in [4.78, 5) is 0. The fourth-order valence-electron chi connectivity index (χ4n) is 1.12. The predicted molar refractivity (Wildman–Crippen MR) is 42.5 cm³/mol. The van der Waals surface area contributed by atoms with E-state index in [9.17, 15) is 22.0 Å². The Morgan fingerprint density at radius 3 is 1.87 bits per heavy atom. The molecular formula is C8H7F5N2. The van der Waals surface area contributed by atoms with Crippen LogP contribution >= 0.6 is 0 Å². The third kappa shape index (κ3) is 2.87. The van der Waals surface area contributed by atoms with E-state index in [1.807, 2.05) is 0 Å². The lowest BCUT2D eigenvalue weighted by molar-refractivity contribution is -0.157. The molecule has 0 amide bonds. The van der Waals surface area contributed by atoms with Gasteiger partial charge in [0.15, 0.2) is 0 Å². The maximum Gasteiger partial charge on any atom is 0.409 e. The minimum Gasteiger partial charge on any atom is -0.271 e. The number of alkyl halides is 3. The number of hydrazine groups is 1. The maximum absolute atomic E-state index is 12.6. The number of benzene rings is 1. The number of nitrogens with two attached hydrogens (primary N) is 1. The molecule has 1 unspecified atom stereocenters. The van der Waals surface area contributed by atoms with Crippen molar-refractivity contribution < 1.29 is 22.0 Å². The topological polar surface area (TPSA) is 38.0 Å². The summed E-state index contributed by atoms with van der Waals surface area (Å²) in [5.41, 5.74) is 0.846. The molecule has 3 N–H and O–H groups in total. The first-order valence-electron chi connectivity index (χ1n) is 3.83. The summed E-state index contributed by atoms with van der Waals surface area (Å²) in [7, 11) is 0. The molecule has 84 valence electrons. The van der Waals surface area contributed by atoms with Gasteiger partial charge in [-0.25, -0.2) is 14.2 Å². The average molecular weight is 226 g/mol. The molecule has 0 aliphatic rings. The first kappa shape index (κ1) is 11.9. The number of hydrogen-bond donors (Lipinski definition) is 2. The van der Waals surface area contributed by atoms with Gasteiger partial charge in [0.1, 0.15) is 17.7 Å². The highest BCUT2D eigenvalue weighted by Crippen LogP contribution is 2.32. The fourth-order valence-corrected chi connectivity index (χ4v) is 1.12. The van der Waals surface area contributed by atoms with Gasteiger partial charge in [0.2, 0.25) is 0 Å². The Hall–Kier alpha value is -1.21. The third-order valence-electron chi connectivity index (χ3n) is 1.71. The third-order valence-corrected chi connectivity index (χ3v) is 1.71. The number of rotatable bonds is 2. The standard InChI is InChI=1S/C8H7F5N2/c9-5-1-4(2-6(10)3-5)7(15-14)8(11,12)13/h1-3,7,15H,14H2. The van der Waals surface area contributed by atoms with Crippen LogP contribution in [0, 0.1) is 11.6 Å². The summed E-state index contributed by atoms with van der Waals surface area (Å²) >= 11 is 0. The number of nitrogens with one attached hydrogen (secondary N) is 1. The summed E-state index contributed by atoms with van der Waals surface area (Å²) < 4.78 is 62.1. The van der Waals surface area contributed by atoms with Gasteiger partial charge in [-0.2, -0.15) is 13.2 Å². The maximum atomic E-state index is 12.6. The molecule has 0 aromatic heterocycles.